The number of nitrogens with zero attached hydrogens (tertiary/aromatic N) is 2. The topological polar surface area (TPSA) is 48.2 Å². The molecular formula is C19H13F3N2O2. The van der Waals surface area contributed by atoms with Crippen LogP contribution in [-0.4, -0.2) is 22.4 Å². The number of hydrogen-bond acceptors (Lipinski definition) is 4. The molecule has 0 saturated carbocycles. The average Bonchev–Trinajstić information content (AvgIpc) is 3.03. The van der Waals surface area contributed by atoms with E-state index in [9.17, 15) is 13.2 Å². The smallest absolute Gasteiger partial charge is 0.425 e. The number of aromatic nitrogens is 2. The van der Waals surface area contributed by atoms with Crippen LogP contribution in [0.5, 0.6) is 5.88 Å². The first-order valence-electron chi connectivity index (χ1n) is 7.90. The Morgan fingerprint density at radius 2 is 1.73 bits per heavy atom. The zero-order chi connectivity index (χ0) is 18.3. The van der Waals surface area contributed by atoms with E-state index in [2.05, 4.69) is 10.1 Å². The van der Waals surface area contributed by atoms with Crippen LogP contribution in [0.15, 0.2) is 59.4 Å². The number of fused-ring (bicyclic) bond motifs is 2. The zero-order valence-electron chi connectivity index (χ0n) is 13.6. The number of para-hydroxylation sites is 1. The maximum Gasteiger partial charge on any atom is 0.425 e. The fourth-order valence-electron chi connectivity index (χ4n) is 2.80. The Balaban J connectivity index is 1.85. The van der Waals surface area contributed by atoms with Gasteiger partial charge in [-0.05, 0) is 23.5 Å². The summed E-state index contributed by atoms with van der Waals surface area (Å²) in [6.45, 7) is 0.930. The molecule has 0 bridgehead atoms. The monoisotopic (exact) mass is 358 g/mol. The Morgan fingerprint density at radius 3 is 2.54 bits per heavy atom. The molecule has 7 heteroatoms. The molecule has 0 aliphatic carbocycles. The van der Waals surface area contributed by atoms with Crippen molar-refractivity contribution < 1.29 is 22.4 Å². The van der Waals surface area contributed by atoms with Gasteiger partial charge in [-0.3, -0.25) is 4.98 Å². The van der Waals surface area contributed by atoms with E-state index >= 15 is 0 Å². The Kier molecular flexibility index (Phi) is 3.79. The average molecular weight is 358 g/mol. The highest BCUT2D eigenvalue weighted by Crippen LogP contribution is 2.37. The van der Waals surface area contributed by atoms with Gasteiger partial charge in [0.1, 0.15) is 0 Å². The molecule has 0 N–H and O–H groups in total. The molecule has 1 atom stereocenters. The van der Waals surface area contributed by atoms with Crippen LogP contribution in [0.1, 0.15) is 6.92 Å². The predicted octanol–water partition coefficient (Wildman–Crippen LogP) is 5.37. The molecule has 1 unspecified atom stereocenters. The zero-order valence-corrected chi connectivity index (χ0v) is 13.6. The van der Waals surface area contributed by atoms with Gasteiger partial charge in [0, 0.05) is 28.9 Å². The van der Waals surface area contributed by atoms with Gasteiger partial charge < -0.3 is 9.26 Å². The molecule has 2 heterocycles. The van der Waals surface area contributed by atoms with Crippen LogP contribution in [0, 0.1) is 0 Å². The van der Waals surface area contributed by atoms with Gasteiger partial charge in [-0.1, -0.05) is 36.4 Å². The molecule has 0 radical (unpaired) electrons. The summed E-state index contributed by atoms with van der Waals surface area (Å²) < 4.78 is 48.6. The quantitative estimate of drug-likeness (QED) is 0.494. The fraction of sp³-hybridized carbons (Fsp3) is 0.158. The molecule has 0 aliphatic rings. The van der Waals surface area contributed by atoms with Crippen LogP contribution in [0.25, 0.3) is 32.9 Å². The van der Waals surface area contributed by atoms with Crippen molar-refractivity contribution in [1.29, 1.82) is 0 Å². The van der Waals surface area contributed by atoms with E-state index in [-0.39, 0.29) is 5.88 Å². The van der Waals surface area contributed by atoms with Gasteiger partial charge in [0.05, 0.1) is 5.39 Å². The maximum absolute atomic E-state index is 12.8. The van der Waals surface area contributed by atoms with Crippen LogP contribution in [0.3, 0.4) is 0 Å². The van der Waals surface area contributed by atoms with E-state index in [0.29, 0.717) is 16.5 Å². The number of ether oxygens (including phenoxy) is 1. The summed E-state index contributed by atoms with van der Waals surface area (Å²) in [6, 6.07) is 12.9. The molecule has 2 aromatic carbocycles. The number of benzene rings is 2. The lowest BCUT2D eigenvalue weighted by Gasteiger charge is -2.15. The number of alkyl halides is 3. The summed E-state index contributed by atoms with van der Waals surface area (Å²) in [4.78, 5) is 4.24. The van der Waals surface area contributed by atoms with Crippen LogP contribution in [0.4, 0.5) is 13.2 Å². The van der Waals surface area contributed by atoms with E-state index < -0.39 is 12.3 Å². The van der Waals surface area contributed by atoms with Crippen LogP contribution in [-0.2, 0) is 0 Å². The van der Waals surface area contributed by atoms with Gasteiger partial charge in [-0.25, -0.2) is 0 Å². The molecular weight excluding hydrogens is 345 g/mol. The summed E-state index contributed by atoms with van der Waals surface area (Å²) >= 11 is 0. The summed E-state index contributed by atoms with van der Waals surface area (Å²) in [6.07, 6.45) is -3.03. The van der Waals surface area contributed by atoms with Crippen molar-refractivity contribution in [3.63, 3.8) is 0 Å². The molecule has 132 valence electrons. The van der Waals surface area contributed by atoms with Crippen molar-refractivity contribution in [2.45, 2.75) is 19.2 Å². The molecule has 0 fully saturated rings. The second-order valence-corrected chi connectivity index (χ2v) is 5.88. The standard InChI is InChI=1S/C19H13F3N2O2/c1-11(19(20,21)22)25-18-15-8-4-7-14(17(15)26-24-18)16-10-23-9-12-5-2-3-6-13(12)16/h2-11H,1H3. The van der Waals surface area contributed by atoms with E-state index in [0.717, 1.165) is 23.3 Å². The first kappa shape index (κ1) is 16.4. The lowest BCUT2D eigenvalue weighted by atomic mass is 9.99. The highest BCUT2D eigenvalue weighted by molar-refractivity contribution is 6.03. The summed E-state index contributed by atoms with van der Waals surface area (Å²) in [5, 5.41) is 5.98. The molecule has 0 aliphatic heterocycles. The summed E-state index contributed by atoms with van der Waals surface area (Å²) in [5.41, 5.74) is 1.85. The number of rotatable bonds is 3. The Labute approximate surface area is 146 Å². The maximum atomic E-state index is 12.8. The van der Waals surface area contributed by atoms with Gasteiger partial charge in [-0.15, -0.1) is 0 Å². The molecule has 0 saturated heterocycles. The first-order chi connectivity index (χ1) is 12.4. The molecule has 4 nitrogen and oxygen atoms in total. The van der Waals surface area contributed by atoms with Crippen molar-refractivity contribution in [2.24, 2.45) is 0 Å². The van der Waals surface area contributed by atoms with E-state index in [1.165, 1.54) is 0 Å². The van der Waals surface area contributed by atoms with Gasteiger partial charge in [0.25, 0.3) is 5.88 Å². The molecule has 26 heavy (non-hydrogen) atoms. The van der Waals surface area contributed by atoms with E-state index in [1.807, 2.05) is 30.3 Å². The Morgan fingerprint density at radius 1 is 0.962 bits per heavy atom. The molecule has 4 rings (SSSR count). The third-order valence-corrected chi connectivity index (χ3v) is 4.17. The molecule has 0 amide bonds. The highest BCUT2D eigenvalue weighted by Gasteiger charge is 2.39. The van der Waals surface area contributed by atoms with Crippen LogP contribution < -0.4 is 4.74 Å². The fourth-order valence-corrected chi connectivity index (χ4v) is 2.80. The number of pyridine rings is 1. The lowest BCUT2D eigenvalue weighted by molar-refractivity contribution is -0.190. The van der Waals surface area contributed by atoms with Crippen molar-refractivity contribution in [1.82, 2.24) is 10.1 Å². The van der Waals surface area contributed by atoms with Crippen LogP contribution in [0.2, 0.25) is 0 Å². The Bertz CT molecular complexity index is 1080. The number of hydrogen-bond donors (Lipinski definition) is 0. The van der Waals surface area contributed by atoms with Gasteiger partial charge in [0.2, 0.25) is 0 Å². The predicted molar refractivity (Wildman–Crippen MR) is 90.9 cm³/mol. The van der Waals surface area contributed by atoms with Gasteiger partial charge >= 0.3 is 6.18 Å². The SMILES string of the molecule is CC(Oc1noc2c(-c3cncc4ccccc34)cccc12)C(F)(F)F. The minimum atomic E-state index is -4.48. The van der Waals surface area contributed by atoms with Crippen molar-refractivity contribution in [3.05, 3.63) is 54.9 Å². The third-order valence-electron chi connectivity index (χ3n) is 4.17. The van der Waals surface area contributed by atoms with Crippen molar-refractivity contribution in [2.75, 3.05) is 0 Å². The largest absolute Gasteiger partial charge is 0.462 e. The molecule has 0 spiro atoms. The molecule has 4 aromatic rings. The van der Waals surface area contributed by atoms with Gasteiger partial charge in [-0.2, -0.15) is 13.2 Å². The third kappa shape index (κ3) is 2.75. The lowest BCUT2D eigenvalue weighted by Crippen LogP contribution is -2.31. The van der Waals surface area contributed by atoms with Crippen LogP contribution >= 0.6 is 0 Å². The Hall–Kier alpha value is -3.09. The van der Waals surface area contributed by atoms with E-state index in [1.54, 1.807) is 24.5 Å². The number of halogens is 3. The van der Waals surface area contributed by atoms with Crippen molar-refractivity contribution in [3.8, 4) is 17.0 Å². The normalized spacial score (nSPS) is 13.2. The van der Waals surface area contributed by atoms with Gasteiger partial charge in [0.15, 0.2) is 11.7 Å². The second kappa shape index (κ2) is 6.01. The molecule has 2 aromatic heterocycles. The van der Waals surface area contributed by atoms with Crippen molar-refractivity contribution >= 4 is 21.7 Å². The summed E-state index contributed by atoms with van der Waals surface area (Å²) in [5.74, 6) is -0.181. The highest BCUT2D eigenvalue weighted by atomic mass is 19.4. The second-order valence-electron chi connectivity index (χ2n) is 5.88. The first-order valence-corrected chi connectivity index (χ1v) is 7.90. The summed E-state index contributed by atoms with van der Waals surface area (Å²) in [7, 11) is 0. The minimum Gasteiger partial charge on any atom is -0.462 e. The van der Waals surface area contributed by atoms with E-state index in [4.69, 9.17) is 9.26 Å². The minimum absolute atomic E-state index is 0.181.